The zero-order valence-electron chi connectivity index (χ0n) is 19.4. The first-order chi connectivity index (χ1) is 16.1. The second kappa shape index (κ2) is 10.1. The van der Waals surface area contributed by atoms with Crippen LogP contribution in [0.5, 0.6) is 5.75 Å². The quantitative estimate of drug-likeness (QED) is 0.689. The fraction of sp³-hybridized carbons (Fsp3) is 0.556. The molecule has 2 aromatic rings. The first-order valence-corrected chi connectivity index (χ1v) is 12.4. The van der Waals surface area contributed by atoms with Crippen LogP contribution in [-0.2, 0) is 4.74 Å². The molecule has 1 saturated heterocycles. The smallest absolute Gasteiger partial charge is 0.132 e. The molecule has 1 aliphatic carbocycles. The summed E-state index contributed by atoms with van der Waals surface area (Å²) in [7, 11) is 0. The lowest BCUT2D eigenvalue weighted by Gasteiger charge is -2.41. The largest absolute Gasteiger partial charge is 0.487 e. The summed E-state index contributed by atoms with van der Waals surface area (Å²) in [4.78, 5) is 5.03. The van der Waals surface area contributed by atoms with Gasteiger partial charge < -0.3 is 19.5 Å². The summed E-state index contributed by atoms with van der Waals surface area (Å²) in [6, 6.07) is 15.3. The van der Waals surface area contributed by atoms with Gasteiger partial charge in [0.2, 0.25) is 0 Å². The number of ether oxygens (including phenoxy) is 2. The van der Waals surface area contributed by atoms with Crippen molar-refractivity contribution in [2.24, 2.45) is 5.92 Å². The minimum atomic E-state index is -0.480. The van der Waals surface area contributed by atoms with Crippen molar-refractivity contribution in [3.8, 4) is 5.75 Å². The van der Waals surface area contributed by atoms with Crippen LogP contribution in [0.15, 0.2) is 48.5 Å². The molecule has 6 heteroatoms. The minimum Gasteiger partial charge on any atom is -0.487 e. The van der Waals surface area contributed by atoms with Crippen LogP contribution < -0.4 is 4.74 Å². The first kappa shape index (κ1) is 22.8. The van der Waals surface area contributed by atoms with Crippen LogP contribution in [0.1, 0.15) is 42.9 Å². The summed E-state index contributed by atoms with van der Waals surface area (Å²) in [5.74, 6) is 0.948. The predicted molar refractivity (Wildman–Crippen MR) is 126 cm³/mol. The number of aliphatic hydroxyl groups excluding tert-OH is 1. The topological polar surface area (TPSA) is 45.2 Å². The molecule has 1 N–H and O–H groups in total. The molecule has 2 aliphatic heterocycles. The van der Waals surface area contributed by atoms with Crippen LogP contribution in [0.2, 0.25) is 0 Å². The van der Waals surface area contributed by atoms with Gasteiger partial charge in [-0.1, -0.05) is 30.3 Å². The summed E-state index contributed by atoms with van der Waals surface area (Å²) in [5, 5.41) is 10.5. The number of halogens is 1. The Bertz CT molecular complexity index is 919. The Hall–Kier alpha value is -1.99. The summed E-state index contributed by atoms with van der Waals surface area (Å²) >= 11 is 0. The van der Waals surface area contributed by atoms with Gasteiger partial charge in [-0.2, -0.15) is 0 Å². The predicted octanol–water partition coefficient (Wildman–Crippen LogP) is 3.84. The zero-order valence-corrected chi connectivity index (χ0v) is 19.4. The zero-order chi connectivity index (χ0) is 22.8. The molecular formula is C27H35FN2O3. The molecule has 5 rings (SSSR count). The molecule has 33 heavy (non-hydrogen) atoms. The molecule has 4 unspecified atom stereocenters. The Balaban J connectivity index is 1.19. The van der Waals surface area contributed by atoms with E-state index in [0.29, 0.717) is 12.5 Å². The molecule has 0 amide bonds. The van der Waals surface area contributed by atoms with E-state index in [0.717, 1.165) is 63.4 Å². The molecule has 2 heterocycles. The fourth-order valence-electron chi connectivity index (χ4n) is 5.90. The number of aliphatic hydroxyl groups is 1. The standard InChI is InChI=1S/C27H35FN2O3/c1-2-32-25(19-6-4-3-5-7-19)18-30-14-12-29(13-15-30)17-20-8-10-23(31)27-26(20)22-16-21(28)9-11-24(22)33-27/h3-7,9,11,16,20,23,25-27,31H,2,8,10,12-15,17-18H2,1H3/t20?,23-,25?,26?,27?/m1/s1. The normalized spacial score (nSPS) is 28.7. The SMILES string of the molecule is CCOC(CN1CCN(CC2CC[C@@H](O)C3Oc4ccc(F)cc4C23)CC1)c1ccccc1. The lowest BCUT2D eigenvalue weighted by atomic mass is 9.73. The molecule has 0 bridgehead atoms. The van der Waals surface area contributed by atoms with E-state index in [-0.39, 0.29) is 23.9 Å². The lowest BCUT2D eigenvalue weighted by Crippen LogP contribution is -2.51. The monoisotopic (exact) mass is 454 g/mol. The summed E-state index contributed by atoms with van der Waals surface area (Å²) in [5.41, 5.74) is 2.17. The van der Waals surface area contributed by atoms with Crippen LogP contribution in [0.25, 0.3) is 0 Å². The van der Waals surface area contributed by atoms with Gasteiger partial charge in [-0.15, -0.1) is 0 Å². The maximum atomic E-state index is 14.0. The Labute approximate surface area is 196 Å². The Morgan fingerprint density at radius 2 is 1.82 bits per heavy atom. The van der Waals surface area contributed by atoms with E-state index >= 15 is 0 Å². The molecule has 2 aromatic carbocycles. The average Bonchev–Trinajstić information content (AvgIpc) is 3.22. The minimum absolute atomic E-state index is 0.0675. The first-order valence-electron chi connectivity index (χ1n) is 12.4. The van der Waals surface area contributed by atoms with Crippen LogP contribution in [0.4, 0.5) is 4.39 Å². The number of hydrogen-bond donors (Lipinski definition) is 1. The van der Waals surface area contributed by atoms with Gasteiger partial charge >= 0.3 is 0 Å². The highest BCUT2D eigenvalue weighted by atomic mass is 19.1. The van der Waals surface area contributed by atoms with E-state index in [4.69, 9.17) is 9.47 Å². The van der Waals surface area contributed by atoms with Gasteiger partial charge in [-0.05, 0) is 49.4 Å². The molecule has 0 radical (unpaired) electrons. The summed E-state index contributed by atoms with van der Waals surface area (Å²) in [6.45, 7) is 8.70. The molecule has 0 aromatic heterocycles. The highest BCUT2D eigenvalue weighted by Gasteiger charge is 2.47. The third-order valence-electron chi connectivity index (χ3n) is 7.59. The molecule has 3 aliphatic rings. The van der Waals surface area contributed by atoms with Gasteiger partial charge in [-0.25, -0.2) is 4.39 Å². The third-order valence-corrected chi connectivity index (χ3v) is 7.59. The second-order valence-corrected chi connectivity index (χ2v) is 9.65. The number of fused-ring (bicyclic) bond motifs is 3. The molecule has 5 nitrogen and oxygen atoms in total. The van der Waals surface area contributed by atoms with E-state index < -0.39 is 6.10 Å². The van der Waals surface area contributed by atoms with E-state index in [2.05, 4.69) is 41.0 Å². The van der Waals surface area contributed by atoms with Crippen LogP contribution in [0, 0.1) is 11.7 Å². The Kier molecular flexibility index (Phi) is 6.97. The van der Waals surface area contributed by atoms with Crippen molar-refractivity contribution >= 4 is 0 Å². The number of hydrogen-bond acceptors (Lipinski definition) is 5. The van der Waals surface area contributed by atoms with Crippen molar-refractivity contribution < 1.29 is 19.0 Å². The van der Waals surface area contributed by atoms with Crippen LogP contribution in [-0.4, -0.2) is 73.0 Å². The lowest BCUT2D eigenvalue weighted by molar-refractivity contribution is -0.0212. The number of nitrogens with zero attached hydrogens (tertiary/aromatic N) is 2. The van der Waals surface area contributed by atoms with E-state index in [1.165, 1.54) is 11.6 Å². The van der Waals surface area contributed by atoms with Crippen molar-refractivity contribution in [2.75, 3.05) is 45.9 Å². The molecular weight excluding hydrogens is 419 g/mol. The van der Waals surface area contributed by atoms with Gasteiger partial charge in [0, 0.05) is 57.4 Å². The van der Waals surface area contributed by atoms with Crippen LogP contribution in [0.3, 0.4) is 0 Å². The van der Waals surface area contributed by atoms with Gasteiger partial charge in [0.05, 0.1) is 12.2 Å². The van der Waals surface area contributed by atoms with Gasteiger partial charge in [0.15, 0.2) is 0 Å². The number of rotatable bonds is 7. The third kappa shape index (κ3) is 4.94. The van der Waals surface area contributed by atoms with Crippen molar-refractivity contribution in [3.05, 3.63) is 65.5 Å². The average molecular weight is 455 g/mol. The molecule has 1 saturated carbocycles. The van der Waals surface area contributed by atoms with E-state index in [9.17, 15) is 9.50 Å². The number of benzene rings is 2. The summed E-state index contributed by atoms with van der Waals surface area (Å²) < 4.78 is 26.1. The van der Waals surface area contributed by atoms with E-state index in [1.54, 1.807) is 12.1 Å². The van der Waals surface area contributed by atoms with Gasteiger partial charge in [-0.3, -0.25) is 4.90 Å². The van der Waals surface area contributed by atoms with Crippen molar-refractivity contribution in [3.63, 3.8) is 0 Å². The molecule has 5 atom stereocenters. The Morgan fingerprint density at radius 1 is 1.06 bits per heavy atom. The highest BCUT2D eigenvalue weighted by Crippen LogP contribution is 2.49. The van der Waals surface area contributed by atoms with Crippen molar-refractivity contribution in [2.45, 2.75) is 44.0 Å². The number of piperazine rings is 1. The van der Waals surface area contributed by atoms with E-state index in [1.807, 2.05) is 6.07 Å². The Morgan fingerprint density at radius 3 is 2.58 bits per heavy atom. The van der Waals surface area contributed by atoms with Gasteiger partial charge in [0.25, 0.3) is 0 Å². The maximum absolute atomic E-state index is 14.0. The molecule has 178 valence electrons. The van der Waals surface area contributed by atoms with Crippen molar-refractivity contribution in [1.82, 2.24) is 9.80 Å². The maximum Gasteiger partial charge on any atom is 0.132 e. The van der Waals surface area contributed by atoms with Crippen LogP contribution >= 0.6 is 0 Å². The second-order valence-electron chi connectivity index (χ2n) is 9.65. The fourth-order valence-corrected chi connectivity index (χ4v) is 5.90. The van der Waals surface area contributed by atoms with Gasteiger partial charge in [0.1, 0.15) is 17.7 Å². The molecule has 2 fully saturated rings. The highest BCUT2D eigenvalue weighted by molar-refractivity contribution is 5.43. The summed E-state index contributed by atoms with van der Waals surface area (Å²) in [6.07, 6.45) is 1.06. The van der Waals surface area contributed by atoms with Crippen molar-refractivity contribution in [1.29, 1.82) is 0 Å². The molecule has 0 spiro atoms.